The standard InChI is InChI=1S/C31H40N4O5/c1-19-13-14-23-24(20-9-6-5-7-10-20)17-26(28(37)34(18-27(32)36)25(23)15-19)35(30(33)39)22-12-8-11-21(16-22)29(38)40-31(2,3)4/h8,11-16,20,24,26H,5-7,9-10,17-18H2,1-4H3,(H2,32,36)(H2,33,39). The van der Waals surface area contributed by atoms with Gasteiger partial charge in [-0.3, -0.25) is 14.5 Å². The van der Waals surface area contributed by atoms with Gasteiger partial charge >= 0.3 is 12.0 Å². The summed E-state index contributed by atoms with van der Waals surface area (Å²) in [5, 5.41) is 0. The zero-order valence-electron chi connectivity index (χ0n) is 23.8. The molecule has 0 saturated heterocycles. The topological polar surface area (TPSA) is 136 Å². The SMILES string of the molecule is Cc1ccc2c(c1)N(CC(N)=O)C(=O)C(N(C(N)=O)c1cccc(C(=O)OC(C)(C)C)c1)CC2C1CCCCC1. The van der Waals surface area contributed by atoms with Crippen LogP contribution in [0, 0.1) is 12.8 Å². The average Bonchev–Trinajstić information content (AvgIpc) is 2.99. The lowest BCUT2D eigenvalue weighted by atomic mass is 9.74. The maximum absolute atomic E-state index is 14.3. The number of hydrogen-bond acceptors (Lipinski definition) is 5. The molecule has 4 amide bonds. The molecule has 1 aliphatic heterocycles. The van der Waals surface area contributed by atoms with Gasteiger partial charge < -0.3 is 21.1 Å². The van der Waals surface area contributed by atoms with Gasteiger partial charge in [0.15, 0.2) is 0 Å². The van der Waals surface area contributed by atoms with E-state index in [0.717, 1.165) is 36.8 Å². The molecule has 2 aliphatic rings. The maximum atomic E-state index is 14.3. The van der Waals surface area contributed by atoms with Gasteiger partial charge in [0.25, 0.3) is 5.91 Å². The fourth-order valence-electron chi connectivity index (χ4n) is 6.07. The smallest absolute Gasteiger partial charge is 0.338 e. The van der Waals surface area contributed by atoms with Gasteiger partial charge in [0.2, 0.25) is 5.91 Å². The molecular weight excluding hydrogens is 508 g/mol. The van der Waals surface area contributed by atoms with Crippen molar-refractivity contribution in [2.24, 2.45) is 17.4 Å². The predicted octanol–water partition coefficient (Wildman–Crippen LogP) is 4.79. The molecule has 2 atom stereocenters. The molecule has 0 spiro atoms. The van der Waals surface area contributed by atoms with Crippen LogP contribution in [0.15, 0.2) is 42.5 Å². The Morgan fingerprint density at radius 1 is 1.02 bits per heavy atom. The van der Waals surface area contributed by atoms with Crippen LogP contribution in [0.1, 0.15) is 86.7 Å². The molecule has 1 saturated carbocycles. The van der Waals surface area contributed by atoms with Crippen molar-refractivity contribution in [1.82, 2.24) is 0 Å². The molecule has 2 aromatic rings. The lowest BCUT2D eigenvalue weighted by molar-refractivity contribution is -0.123. The van der Waals surface area contributed by atoms with Crippen LogP contribution in [-0.4, -0.2) is 42.0 Å². The molecule has 0 bridgehead atoms. The fraction of sp³-hybridized carbons (Fsp3) is 0.484. The number of primary amides is 2. The van der Waals surface area contributed by atoms with Crippen molar-refractivity contribution in [2.45, 2.75) is 83.8 Å². The van der Waals surface area contributed by atoms with Crippen LogP contribution in [0.3, 0.4) is 0 Å². The third kappa shape index (κ3) is 6.46. The quantitative estimate of drug-likeness (QED) is 0.500. The van der Waals surface area contributed by atoms with Crippen LogP contribution in [0.4, 0.5) is 16.2 Å². The third-order valence-corrected chi connectivity index (χ3v) is 7.75. The molecule has 9 heteroatoms. The van der Waals surface area contributed by atoms with Gasteiger partial charge in [-0.1, -0.05) is 37.5 Å². The second kappa shape index (κ2) is 11.7. The maximum Gasteiger partial charge on any atom is 0.338 e. The fourth-order valence-corrected chi connectivity index (χ4v) is 6.07. The predicted molar refractivity (Wildman–Crippen MR) is 154 cm³/mol. The molecule has 2 unspecified atom stereocenters. The van der Waals surface area contributed by atoms with Crippen molar-refractivity contribution in [3.63, 3.8) is 0 Å². The summed E-state index contributed by atoms with van der Waals surface area (Å²) in [6.07, 6.45) is 5.73. The molecule has 0 radical (unpaired) electrons. The van der Waals surface area contributed by atoms with Crippen LogP contribution < -0.4 is 21.3 Å². The number of carbonyl (C=O) groups is 4. The summed E-state index contributed by atoms with van der Waals surface area (Å²) in [4.78, 5) is 55.0. The lowest BCUT2D eigenvalue weighted by Gasteiger charge is -2.35. The Morgan fingerprint density at radius 3 is 2.35 bits per heavy atom. The molecule has 2 aromatic carbocycles. The van der Waals surface area contributed by atoms with Crippen molar-refractivity contribution in [3.05, 3.63) is 59.2 Å². The highest BCUT2D eigenvalue weighted by Gasteiger charge is 2.43. The van der Waals surface area contributed by atoms with Gasteiger partial charge in [-0.05, 0) is 94.2 Å². The molecule has 0 aromatic heterocycles. The summed E-state index contributed by atoms with van der Waals surface area (Å²) in [5.41, 5.74) is 14.0. The largest absolute Gasteiger partial charge is 0.456 e. The molecule has 1 aliphatic carbocycles. The minimum Gasteiger partial charge on any atom is -0.456 e. The van der Waals surface area contributed by atoms with E-state index >= 15 is 0 Å². The van der Waals surface area contributed by atoms with E-state index in [2.05, 4.69) is 0 Å². The lowest BCUT2D eigenvalue weighted by Crippen LogP contribution is -2.54. The number of esters is 1. The Hall–Kier alpha value is -3.88. The Kier molecular flexibility index (Phi) is 8.51. The number of anilines is 2. The van der Waals surface area contributed by atoms with Crippen LogP contribution in [0.25, 0.3) is 0 Å². The monoisotopic (exact) mass is 548 g/mol. The van der Waals surface area contributed by atoms with E-state index in [-0.39, 0.29) is 18.0 Å². The van der Waals surface area contributed by atoms with Crippen LogP contribution in [0.2, 0.25) is 0 Å². The Balaban J connectivity index is 1.83. The van der Waals surface area contributed by atoms with Gasteiger partial charge in [0.05, 0.1) is 5.56 Å². The van der Waals surface area contributed by atoms with Crippen molar-refractivity contribution >= 4 is 35.2 Å². The van der Waals surface area contributed by atoms with E-state index in [0.29, 0.717) is 23.7 Å². The van der Waals surface area contributed by atoms with Crippen LogP contribution in [0.5, 0.6) is 0 Å². The number of fused-ring (bicyclic) bond motifs is 1. The summed E-state index contributed by atoms with van der Waals surface area (Å²) in [7, 11) is 0. The first kappa shape index (κ1) is 29.1. The Morgan fingerprint density at radius 2 is 1.73 bits per heavy atom. The van der Waals surface area contributed by atoms with E-state index in [4.69, 9.17) is 16.2 Å². The van der Waals surface area contributed by atoms with Gasteiger partial charge in [-0.25, -0.2) is 9.59 Å². The van der Waals surface area contributed by atoms with Crippen molar-refractivity contribution in [3.8, 4) is 0 Å². The molecule has 1 heterocycles. The first-order valence-corrected chi connectivity index (χ1v) is 14.0. The first-order chi connectivity index (χ1) is 18.9. The summed E-state index contributed by atoms with van der Waals surface area (Å²) in [6, 6.07) is 10.5. The first-order valence-electron chi connectivity index (χ1n) is 14.0. The number of benzene rings is 2. The molecule has 214 valence electrons. The highest BCUT2D eigenvalue weighted by molar-refractivity contribution is 6.08. The van der Waals surface area contributed by atoms with Gasteiger partial charge in [-0.2, -0.15) is 0 Å². The van der Waals surface area contributed by atoms with Gasteiger partial charge in [-0.15, -0.1) is 0 Å². The van der Waals surface area contributed by atoms with Gasteiger partial charge in [0.1, 0.15) is 18.2 Å². The molecule has 40 heavy (non-hydrogen) atoms. The summed E-state index contributed by atoms with van der Waals surface area (Å²) in [6.45, 7) is 6.92. The minimum atomic E-state index is -1.01. The van der Waals surface area contributed by atoms with Crippen molar-refractivity contribution in [1.29, 1.82) is 0 Å². The molecule has 4 rings (SSSR count). The molecule has 1 fully saturated rings. The Labute approximate surface area is 235 Å². The number of nitrogens with zero attached hydrogens (tertiary/aromatic N) is 2. The van der Waals surface area contributed by atoms with Crippen LogP contribution in [-0.2, 0) is 14.3 Å². The van der Waals surface area contributed by atoms with E-state index in [9.17, 15) is 19.2 Å². The zero-order chi connectivity index (χ0) is 29.2. The van der Waals surface area contributed by atoms with Crippen molar-refractivity contribution in [2.75, 3.05) is 16.3 Å². The van der Waals surface area contributed by atoms with Crippen LogP contribution >= 0.6 is 0 Å². The Bertz CT molecular complexity index is 1290. The number of ether oxygens (including phenoxy) is 1. The summed E-state index contributed by atoms with van der Waals surface area (Å²) < 4.78 is 5.52. The van der Waals surface area contributed by atoms with E-state index in [1.54, 1.807) is 39.0 Å². The third-order valence-electron chi connectivity index (χ3n) is 7.75. The number of nitrogens with two attached hydrogens (primary N) is 2. The van der Waals surface area contributed by atoms with Crippen molar-refractivity contribution < 1.29 is 23.9 Å². The molecule has 4 N–H and O–H groups in total. The number of amides is 4. The normalized spacial score (nSPS) is 19.9. The summed E-state index contributed by atoms with van der Waals surface area (Å²) in [5.74, 6) is -1.39. The number of carbonyl (C=O) groups excluding carboxylic acids is 4. The zero-order valence-corrected chi connectivity index (χ0v) is 23.8. The highest BCUT2D eigenvalue weighted by atomic mass is 16.6. The number of hydrogen-bond donors (Lipinski definition) is 2. The van der Waals surface area contributed by atoms with E-state index < -0.39 is 35.5 Å². The van der Waals surface area contributed by atoms with E-state index in [1.165, 1.54) is 22.3 Å². The minimum absolute atomic E-state index is 0.0429. The van der Waals surface area contributed by atoms with E-state index in [1.807, 2.05) is 25.1 Å². The second-order valence-electron chi connectivity index (χ2n) is 12.0. The highest BCUT2D eigenvalue weighted by Crippen LogP contribution is 2.46. The average molecular weight is 549 g/mol. The number of aryl methyl sites for hydroxylation is 1. The van der Waals surface area contributed by atoms with Gasteiger partial charge in [0, 0.05) is 11.4 Å². The molecular formula is C31H40N4O5. The second-order valence-corrected chi connectivity index (χ2v) is 12.0. The number of urea groups is 1. The summed E-state index contributed by atoms with van der Waals surface area (Å²) >= 11 is 0. The molecule has 9 nitrogen and oxygen atoms in total. The number of rotatable bonds is 6.